The molecule has 1 amide bonds. The second kappa shape index (κ2) is 5.87. The minimum Gasteiger partial charge on any atom is -0.294 e. The molecule has 1 aromatic carbocycles. The van der Waals surface area contributed by atoms with Crippen molar-refractivity contribution in [2.45, 2.75) is 34.1 Å². The fourth-order valence-corrected chi connectivity index (χ4v) is 2.72. The van der Waals surface area contributed by atoms with E-state index in [4.69, 9.17) is 0 Å². The summed E-state index contributed by atoms with van der Waals surface area (Å²) in [5.74, 6) is 0.298. The summed E-state index contributed by atoms with van der Waals surface area (Å²) in [6, 6.07) is 6.00. The van der Waals surface area contributed by atoms with Gasteiger partial charge in [-0.15, -0.1) is 0 Å². The van der Waals surface area contributed by atoms with Gasteiger partial charge in [0.1, 0.15) is 0 Å². The van der Waals surface area contributed by atoms with Gasteiger partial charge in [-0.3, -0.25) is 10.1 Å². The lowest BCUT2D eigenvalue weighted by Gasteiger charge is -2.19. The molecule has 6 heteroatoms. The Hall–Kier alpha value is -2.63. The molecule has 118 valence electrons. The minimum absolute atomic E-state index is 0.0770. The first-order valence-corrected chi connectivity index (χ1v) is 7.67. The summed E-state index contributed by atoms with van der Waals surface area (Å²) in [4.78, 5) is 29.5. The molecule has 0 fully saturated rings. The van der Waals surface area contributed by atoms with Gasteiger partial charge in [-0.05, 0) is 39.3 Å². The van der Waals surface area contributed by atoms with Crippen molar-refractivity contribution >= 4 is 34.4 Å². The highest BCUT2D eigenvalue weighted by atomic mass is 16.2. The molecule has 1 atom stereocenters. The van der Waals surface area contributed by atoms with Crippen molar-refractivity contribution in [3.63, 3.8) is 0 Å². The smallest absolute Gasteiger partial charge is 0.253 e. The molecule has 0 saturated carbocycles. The number of guanidine groups is 1. The topological polar surface area (TPSA) is 79.6 Å². The van der Waals surface area contributed by atoms with Gasteiger partial charge >= 0.3 is 0 Å². The van der Waals surface area contributed by atoms with Crippen LogP contribution in [0.5, 0.6) is 0 Å². The lowest BCUT2D eigenvalue weighted by Crippen LogP contribution is -2.42. The zero-order chi connectivity index (χ0) is 16.6. The summed E-state index contributed by atoms with van der Waals surface area (Å²) in [5.41, 5.74) is 3.61. The fourth-order valence-electron chi connectivity index (χ4n) is 2.72. The average molecular weight is 309 g/mol. The van der Waals surface area contributed by atoms with E-state index in [0.717, 1.165) is 34.3 Å². The van der Waals surface area contributed by atoms with Gasteiger partial charge in [-0.25, -0.2) is 15.0 Å². The highest BCUT2D eigenvalue weighted by Crippen LogP contribution is 2.20. The number of aryl methyl sites for hydroxylation is 2. The van der Waals surface area contributed by atoms with Crippen LogP contribution in [0.3, 0.4) is 0 Å². The number of hydrogen-bond donors (Lipinski definition) is 1. The van der Waals surface area contributed by atoms with Crippen LogP contribution in [-0.4, -0.2) is 27.5 Å². The van der Waals surface area contributed by atoms with Gasteiger partial charge in [0, 0.05) is 11.1 Å². The number of carbonyl (C=O) groups is 1. The van der Waals surface area contributed by atoms with E-state index in [2.05, 4.69) is 31.3 Å². The minimum atomic E-state index is -0.184. The molecule has 2 aromatic rings. The molecular formula is C17H19N5O. The van der Waals surface area contributed by atoms with Crippen molar-refractivity contribution in [2.75, 3.05) is 0 Å². The van der Waals surface area contributed by atoms with Crippen molar-refractivity contribution in [2.24, 2.45) is 15.9 Å². The highest BCUT2D eigenvalue weighted by Gasteiger charge is 2.25. The monoisotopic (exact) mass is 309 g/mol. The number of carbonyl (C=O) groups excluding carboxylic acids is 1. The molecule has 1 N–H and O–H groups in total. The first-order valence-electron chi connectivity index (χ1n) is 7.67. The Labute approximate surface area is 134 Å². The van der Waals surface area contributed by atoms with Crippen molar-refractivity contribution in [1.29, 1.82) is 0 Å². The van der Waals surface area contributed by atoms with Gasteiger partial charge in [0.25, 0.3) is 5.95 Å². The number of nitrogens with zero attached hydrogens (tertiary/aromatic N) is 4. The van der Waals surface area contributed by atoms with Crippen LogP contribution in [-0.2, 0) is 4.79 Å². The summed E-state index contributed by atoms with van der Waals surface area (Å²) in [7, 11) is 0. The van der Waals surface area contributed by atoms with Crippen LogP contribution in [0.25, 0.3) is 10.9 Å². The maximum atomic E-state index is 12.0. The Morgan fingerprint density at radius 3 is 2.70 bits per heavy atom. The van der Waals surface area contributed by atoms with E-state index in [-0.39, 0.29) is 17.8 Å². The summed E-state index contributed by atoms with van der Waals surface area (Å²) in [6.45, 7) is 7.77. The standard InChI is InChI=1S/C17H19N5O/c1-5-12-10(3)18-17(21-15(12)23)22-16-19-11(4)13-8-9(2)6-7-14(13)20-16/h6-8,12H,5H2,1-4H3,(H,19,20,21,22,23). The third-order valence-corrected chi connectivity index (χ3v) is 3.98. The summed E-state index contributed by atoms with van der Waals surface area (Å²) in [5, 5.41) is 3.72. The molecule has 0 bridgehead atoms. The Morgan fingerprint density at radius 2 is 2.00 bits per heavy atom. The second-order valence-electron chi connectivity index (χ2n) is 5.77. The number of hydrogen-bond acceptors (Lipinski definition) is 4. The lowest BCUT2D eigenvalue weighted by molar-refractivity contribution is -0.121. The molecule has 6 nitrogen and oxygen atoms in total. The Bertz CT molecular complexity index is 853. The van der Waals surface area contributed by atoms with Gasteiger partial charge < -0.3 is 0 Å². The number of rotatable bonds is 2. The van der Waals surface area contributed by atoms with Crippen LogP contribution in [0, 0.1) is 19.8 Å². The van der Waals surface area contributed by atoms with E-state index in [9.17, 15) is 4.79 Å². The summed E-state index contributed by atoms with van der Waals surface area (Å²) in [6.07, 6.45) is 0.722. The van der Waals surface area contributed by atoms with Crippen LogP contribution in [0.2, 0.25) is 0 Å². The van der Waals surface area contributed by atoms with E-state index in [1.54, 1.807) is 0 Å². The molecule has 0 radical (unpaired) electrons. The molecule has 1 aromatic heterocycles. The third kappa shape index (κ3) is 2.97. The zero-order valence-electron chi connectivity index (χ0n) is 13.7. The van der Waals surface area contributed by atoms with Crippen LogP contribution < -0.4 is 5.32 Å². The zero-order valence-corrected chi connectivity index (χ0v) is 13.7. The quantitative estimate of drug-likeness (QED) is 0.926. The summed E-state index contributed by atoms with van der Waals surface area (Å²) < 4.78 is 0. The van der Waals surface area contributed by atoms with E-state index in [1.165, 1.54) is 0 Å². The fraction of sp³-hybridized carbons (Fsp3) is 0.353. The predicted molar refractivity (Wildman–Crippen MR) is 91.1 cm³/mol. The number of amides is 1. The summed E-state index contributed by atoms with van der Waals surface area (Å²) >= 11 is 0. The van der Waals surface area contributed by atoms with Gasteiger partial charge in [-0.2, -0.15) is 4.99 Å². The first-order chi connectivity index (χ1) is 11.0. The molecule has 2 heterocycles. The van der Waals surface area contributed by atoms with Crippen molar-refractivity contribution in [1.82, 2.24) is 15.3 Å². The molecule has 0 spiro atoms. The largest absolute Gasteiger partial charge is 0.294 e. The normalized spacial score (nSPS) is 19.8. The van der Waals surface area contributed by atoms with Gasteiger partial charge in [0.2, 0.25) is 11.9 Å². The van der Waals surface area contributed by atoms with E-state index in [0.29, 0.717) is 5.95 Å². The first kappa shape index (κ1) is 15.3. The number of benzene rings is 1. The third-order valence-electron chi connectivity index (χ3n) is 3.98. The Kier molecular flexibility index (Phi) is 3.90. The lowest BCUT2D eigenvalue weighted by atomic mass is 9.99. The van der Waals surface area contributed by atoms with Crippen molar-refractivity contribution < 1.29 is 4.79 Å². The van der Waals surface area contributed by atoms with Gasteiger partial charge in [0.15, 0.2) is 0 Å². The van der Waals surface area contributed by atoms with Crippen LogP contribution in [0.4, 0.5) is 5.95 Å². The molecule has 0 aliphatic carbocycles. The van der Waals surface area contributed by atoms with Crippen molar-refractivity contribution in [3.05, 3.63) is 29.5 Å². The number of aromatic nitrogens is 2. The van der Waals surface area contributed by atoms with Crippen LogP contribution in [0.15, 0.2) is 28.2 Å². The molecule has 1 unspecified atom stereocenters. The van der Waals surface area contributed by atoms with E-state index >= 15 is 0 Å². The van der Waals surface area contributed by atoms with Crippen LogP contribution in [0.1, 0.15) is 31.5 Å². The van der Waals surface area contributed by atoms with E-state index < -0.39 is 0 Å². The maximum absolute atomic E-state index is 12.0. The van der Waals surface area contributed by atoms with E-state index in [1.807, 2.05) is 39.8 Å². The van der Waals surface area contributed by atoms with Gasteiger partial charge in [0.05, 0.1) is 17.1 Å². The molecule has 3 rings (SSSR count). The Balaban J connectivity index is 2.03. The molecule has 0 saturated heterocycles. The molecule has 23 heavy (non-hydrogen) atoms. The number of nitrogens with one attached hydrogen (secondary N) is 1. The Morgan fingerprint density at radius 1 is 1.22 bits per heavy atom. The van der Waals surface area contributed by atoms with Crippen LogP contribution >= 0.6 is 0 Å². The SMILES string of the molecule is CCC1C(=O)NC(=Nc2nc(C)c3cc(C)ccc3n2)N=C1C. The molecular weight excluding hydrogens is 290 g/mol. The maximum Gasteiger partial charge on any atom is 0.253 e. The highest BCUT2D eigenvalue weighted by molar-refractivity contribution is 6.17. The molecule has 1 aliphatic heterocycles. The second-order valence-corrected chi connectivity index (χ2v) is 5.77. The van der Waals surface area contributed by atoms with Crippen molar-refractivity contribution in [3.8, 4) is 0 Å². The number of aliphatic imine (C=N–C) groups is 2. The van der Waals surface area contributed by atoms with Gasteiger partial charge in [-0.1, -0.05) is 18.6 Å². The molecule has 1 aliphatic rings. The number of fused-ring (bicyclic) bond motifs is 1. The predicted octanol–water partition coefficient (Wildman–Crippen LogP) is 2.85. The average Bonchev–Trinajstić information content (AvgIpc) is 2.48.